The Hall–Kier alpha value is -1.73. The van der Waals surface area contributed by atoms with E-state index in [0.717, 1.165) is 0 Å². The van der Waals surface area contributed by atoms with Crippen LogP contribution in [0.5, 0.6) is 0 Å². The number of carbonyl (C=O) groups excluding carboxylic acids is 1. The molecule has 7 nitrogen and oxygen atoms in total. The first-order valence-electron chi connectivity index (χ1n) is 5.26. The molecule has 2 atom stereocenters. The minimum Gasteiger partial charge on any atom is -0.394 e. The first-order chi connectivity index (χ1) is 8.15. The van der Waals surface area contributed by atoms with E-state index in [1.807, 2.05) is 0 Å². The third-order valence-corrected chi connectivity index (χ3v) is 2.74. The van der Waals surface area contributed by atoms with Gasteiger partial charge in [-0.05, 0) is 12.8 Å². The summed E-state index contributed by atoms with van der Waals surface area (Å²) in [6.07, 6.45) is 2.36. The van der Waals surface area contributed by atoms with Gasteiger partial charge in [0.25, 0.3) is 0 Å². The zero-order valence-corrected chi connectivity index (χ0v) is 9.07. The molecule has 0 aromatic carbocycles. The lowest BCUT2D eigenvalue weighted by Gasteiger charge is -2.15. The lowest BCUT2D eigenvalue weighted by atomic mass is 10.2. The largest absolute Gasteiger partial charge is 0.394 e. The molecule has 1 aliphatic heterocycles. The molecule has 0 aliphatic carbocycles. The zero-order chi connectivity index (χ0) is 12.4. The first-order valence-corrected chi connectivity index (χ1v) is 5.26. The number of carbonyl (C=O) groups is 1. The molecule has 1 saturated heterocycles. The van der Waals surface area contributed by atoms with Gasteiger partial charge in [-0.15, -0.1) is 0 Å². The number of hydrogen-bond acceptors (Lipinski definition) is 6. The second-order valence-electron chi connectivity index (χ2n) is 3.86. The molecule has 2 heterocycles. The van der Waals surface area contributed by atoms with Crippen LogP contribution in [0, 0.1) is 0 Å². The summed E-state index contributed by atoms with van der Waals surface area (Å²) in [5, 5.41) is 8.94. The molecule has 7 heteroatoms. The van der Waals surface area contributed by atoms with Crippen molar-refractivity contribution in [1.82, 2.24) is 9.55 Å². The van der Waals surface area contributed by atoms with Crippen molar-refractivity contribution in [3.8, 4) is 0 Å². The molecule has 1 aliphatic rings. The van der Waals surface area contributed by atoms with Crippen LogP contribution in [0.25, 0.3) is 0 Å². The maximum absolute atomic E-state index is 11.6. The highest BCUT2D eigenvalue weighted by atomic mass is 16.5. The van der Waals surface area contributed by atoms with Gasteiger partial charge in [0, 0.05) is 6.20 Å². The fourth-order valence-electron chi connectivity index (χ4n) is 1.82. The predicted octanol–water partition coefficient (Wildman–Crippen LogP) is -0.692. The molecule has 1 unspecified atom stereocenters. The number of nitrogens with two attached hydrogens (primary N) is 1. The number of nitrogens with zero attached hydrogens (tertiary/aromatic N) is 2. The van der Waals surface area contributed by atoms with E-state index in [0.29, 0.717) is 19.1 Å². The lowest BCUT2D eigenvalue weighted by molar-refractivity contribution is -0.0245. The van der Waals surface area contributed by atoms with Crippen molar-refractivity contribution in [1.29, 1.82) is 0 Å². The zero-order valence-electron chi connectivity index (χ0n) is 9.07. The monoisotopic (exact) mass is 239 g/mol. The summed E-state index contributed by atoms with van der Waals surface area (Å²) in [6, 6.07) is 0. The fraction of sp³-hybridized carbons (Fsp3) is 0.500. The molecule has 0 bridgehead atoms. The normalized spacial score (nSPS) is 23.8. The SMILES string of the molecule is Nc1nc(=O)n(C2CC[C@@H](CO)O2)cc1C=O. The van der Waals surface area contributed by atoms with Crippen LogP contribution < -0.4 is 11.4 Å². The highest BCUT2D eigenvalue weighted by Crippen LogP contribution is 2.26. The van der Waals surface area contributed by atoms with Crippen LogP contribution in [0.2, 0.25) is 0 Å². The molecule has 1 fully saturated rings. The molecule has 17 heavy (non-hydrogen) atoms. The third-order valence-electron chi connectivity index (χ3n) is 2.74. The Morgan fingerprint density at radius 2 is 2.41 bits per heavy atom. The smallest absolute Gasteiger partial charge is 0.351 e. The molecule has 92 valence electrons. The van der Waals surface area contributed by atoms with E-state index in [1.54, 1.807) is 0 Å². The van der Waals surface area contributed by atoms with Gasteiger partial charge >= 0.3 is 5.69 Å². The van der Waals surface area contributed by atoms with Crippen LogP contribution >= 0.6 is 0 Å². The molecule has 3 N–H and O–H groups in total. The molecular weight excluding hydrogens is 226 g/mol. The second-order valence-corrected chi connectivity index (χ2v) is 3.86. The highest BCUT2D eigenvalue weighted by molar-refractivity contribution is 5.80. The van der Waals surface area contributed by atoms with Gasteiger partial charge in [0.15, 0.2) is 6.29 Å². The van der Waals surface area contributed by atoms with Gasteiger partial charge in [-0.25, -0.2) is 4.79 Å². The molecule has 1 aromatic heterocycles. The van der Waals surface area contributed by atoms with Crippen molar-refractivity contribution in [2.45, 2.75) is 25.2 Å². The Labute approximate surface area is 96.8 Å². The second kappa shape index (κ2) is 4.64. The molecule has 1 aromatic rings. The minimum atomic E-state index is -0.559. The van der Waals surface area contributed by atoms with Crippen LogP contribution in [0.4, 0.5) is 5.82 Å². The van der Waals surface area contributed by atoms with E-state index >= 15 is 0 Å². The number of hydrogen-bond donors (Lipinski definition) is 2. The number of rotatable bonds is 3. The Kier molecular flexibility index (Phi) is 3.21. The van der Waals surface area contributed by atoms with Crippen molar-refractivity contribution in [2.75, 3.05) is 12.3 Å². The number of ether oxygens (including phenoxy) is 1. The third kappa shape index (κ3) is 2.20. The molecule has 0 spiro atoms. The maximum atomic E-state index is 11.6. The molecule has 0 amide bonds. The first kappa shape index (κ1) is 11.7. The Morgan fingerprint density at radius 1 is 1.65 bits per heavy atom. The number of aliphatic hydroxyl groups is 1. The van der Waals surface area contributed by atoms with Gasteiger partial charge in [-0.2, -0.15) is 4.98 Å². The molecule has 2 rings (SSSR count). The summed E-state index contributed by atoms with van der Waals surface area (Å²) in [4.78, 5) is 25.9. The van der Waals surface area contributed by atoms with E-state index < -0.39 is 11.9 Å². The summed E-state index contributed by atoms with van der Waals surface area (Å²) < 4.78 is 6.66. The summed E-state index contributed by atoms with van der Waals surface area (Å²) in [6.45, 7) is -0.0891. The summed E-state index contributed by atoms with van der Waals surface area (Å²) >= 11 is 0. The van der Waals surface area contributed by atoms with Crippen molar-refractivity contribution in [3.63, 3.8) is 0 Å². The number of anilines is 1. The van der Waals surface area contributed by atoms with E-state index in [4.69, 9.17) is 15.6 Å². The lowest BCUT2D eigenvalue weighted by Crippen LogP contribution is -2.29. The Morgan fingerprint density at radius 3 is 3.00 bits per heavy atom. The van der Waals surface area contributed by atoms with Crippen LogP contribution in [-0.2, 0) is 4.74 Å². The topological polar surface area (TPSA) is 107 Å². The van der Waals surface area contributed by atoms with Gasteiger partial charge in [0.1, 0.15) is 12.0 Å². The van der Waals surface area contributed by atoms with Crippen molar-refractivity contribution in [2.24, 2.45) is 0 Å². The minimum absolute atomic E-state index is 0.0852. The average Bonchev–Trinajstić information content (AvgIpc) is 2.78. The van der Waals surface area contributed by atoms with Crippen LogP contribution in [0.15, 0.2) is 11.0 Å². The number of aromatic nitrogens is 2. The van der Waals surface area contributed by atoms with Crippen molar-refractivity contribution in [3.05, 3.63) is 22.2 Å². The van der Waals surface area contributed by atoms with E-state index in [-0.39, 0.29) is 24.1 Å². The standard InChI is InChI=1S/C10H13N3O4/c11-9-6(4-14)3-13(10(16)12-9)8-2-1-7(5-15)17-8/h3-4,7-8,15H,1-2,5H2,(H2,11,12,16)/t7-,8?/m0/s1. The van der Waals surface area contributed by atoms with Crippen LogP contribution in [0.1, 0.15) is 29.4 Å². The van der Waals surface area contributed by atoms with Gasteiger partial charge in [0.05, 0.1) is 18.3 Å². The van der Waals surface area contributed by atoms with Crippen LogP contribution in [-0.4, -0.2) is 33.7 Å². The average molecular weight is 239 g/mol. The van der Waals surface area contributed by atoms with Crippen molar-refractivity contribution >= 4 is 12.1 Å². The van der Waals surface area contributed by atoms with Gasteiger partial charge in [-0.3, -0.25) is 9.36 Å². The predicted molar refractivity (Wildman–Crippen MR) is 58.5 cm³/mol. The summed E-state index contributed by atoms with van der Waals surface area (Å²) in [5.41, 5.74) is 5.01. The van der Waals surface area contributed by atoms with Gasteiger partial charge in [0.2, 0.25) is 0 Å². The molecule has 0 radical (unpaired) electrons. The van der Waals surface area contributed by atoms with E-state index in [1.165, 1.54) is 10.8 Å². The number of nitrogen functional groups attached to an aromatic ring is 1. The Balaban J connectivity index is 2.33. The summed E-state index contributed by atoms with van der Waals surface area (Å²) in [7, 11) is 0. The van der Waals surface area contributed by atoms with E-state index in [9.17, 15) is 9.59 Å². The summed E-state index contributed by atoms with van der Waals surface area (Å²) in [5.74, 6) is -0.0852. The van der Waals surface area contributed by atoms with Gasteiger partial charge in [-0.1, -0.05) is 0 Å². The fourth-order valence-corrected chi connectivity index (χ4v) is 1.82. The van der Waals surface area contributed by atoms with Crippen LogP contribution in [0.3, 0.4) is 0 Å². The highest BCUT2D eigenvalue weighted by Gasteiger charge is 2.27. The maximum Gasteiger partial charge on any atom is 0.351 e. The quantitative estimate of drug-likeness (QED) is 0.676. The molecule has 0 saturated carbocycles. The number of aliphatic hydroxyl groups excluding tert-OH is 1. The van der Waals surface area contributed by atoms with E-state index in [2.05, 4.69) is 4.98 Å². The van der Waals surface area contributed by atoms with Crippen molar-refractivity contribution < 1.29 is 14.6 Å². The Bertz CT molecular complexity index is 485. The number of aldehydes is 1. The van der Waals surface area contributed by atoms with Gasteiger partial charge < -0.3 is 15.6 Å². The molecular formula is C10H13N3O4.